The van der Waals surface area contributed by atoms with Crippen molar-refractivity contribution in [2.24, 2.45) is 0 Å². The standard InChI is InChI=1S/C41H26N2O/c1-2-10-33-29(8-1)9-7-13-34(33)31-22-25-40-37(26-31)42-41(44-40)30-18-16-27(17-19-30)28-20-23-32(24-21-28)43-38-14-5-3-11-35(38)36-12-4-6-15-39(36)43/h1-26H. The van der Waals surface area contributed by atoms with E-state index in [9.17, 15) is 0 Å². The lowest BCUT2D eigenvalue weighted by Crippen LogP contribution is -1.93. The largest absolute Gasteiger partial charge is 0.436 e. The van der Waals surface area contributed by atoms with Gasteiger partial charge in [0.2, 0.25) is 5.89 Å². The van der Waals surface area contributed by atoms with E-state index in [0.29, 0.717) is 5.89 Å². The molecule has 9 rings (SSSR count). The molecule has 2 aromatic heterocycles. The number of oxazole rings is 1. The van der Waals surface area contributed by atoms with Crippen LogP contribution in [-0.4, -0.2) is 9.55 Å². The average molecular weight is 563 g/mol. The molecule has 0 unspecified atom stereocenters. The fraction of sp³-hybridized carbons (Fsp3) is 0. The average Bonchev–Trinajstić information content (AvgIpc) is 3.67. The molecule has 9 aromatic rings. The van der Waals surface area contributed by atoms with Crippen LogP contribution in [0, 0.1) is 0 Å². The lowest BCUT2D eigenvalue weighted by atomic mass is 9.98. The summed E-state index contributed by atoms with van der Waals surface area (Å²) in [5.41, 5.74) is 10.8. The van der Waals surface area contributed by atoms with Crippen LogP contribution >= 0.6 is 0 Å². The van der Waals surface area contributed by atoms with Gasteiger partial charge in [-0.25, -0.2) is 4.98 Å². The van der Waals surface area contributed by atoms with Gasteiger partial charge < -0.3 is 8.98 Å². The van der Waals surface area contributed by atoms with Crippen molar-refractivity contribution < 1.29 is 4.42 Å². The van der Waals surface area contributed by atoms with E-state index in [-0.39, 0.29) is 0 Å². The Morgan fingerprint density at radius 1 is 0.455 bits per heavy atom. The first-order valence-corrected chi connectivity index (χ1v) is 14.9. The SMILES string of the molecule is c1ccc2c(-c3ccc4oc(-c5ccc(-c6ccc(-n7c8ccccc8c8ccccc87)cc6)cc5)nc4c3)cccc2c1. The van der Waals surface area contributed by atoms with Crippen LogP contribution in [0.2, 0.25) is 0 Å². The Bertz CT molecular complexity index is 2420. The van der Waals surface area contributed by atoms with Crippen LogP contribution in [0.3, 0.4) is 0 Å². The number of nitrogens with zero attached hydrogens (tertiary/aromatic N) is 2. The molecular weight excluding hydrogens is 536 g/mol. The minimum Gasteiger partial charge on any atom is -0.436 e. The van der Waals surface area contributed by atoms with Gasteiger partial charge in [-0.1, -0.05) is 109 Å². The first-order chi connectivity index (χ1) is 21.8. The van der Waals surface area contributed by atoms with Crippen molar-refractivity contribution in [3.63, 3.8) is 0 Å². The second-order valence-electron chi connectivity index (χ2n) is 11.2. The van der Waals surface area contributed by atoms with Gasteiger partial charge in [0.05, 0.1) is 11.0 Å². The molecule has 3 heteroatoms. The minimum atomic E-state index is 0.628. The number of para-hydroxylation sites is 2. The summed E-state index contributed by atoms with van der Waals surface area (Å²) in [7, 11) is 0. The van der Waals surface area contributed by atoms with E-state index in [1.165, 1.54) is 43.7 Å². The number of benzene rings is 7. The normalized spacial score (nSPS) is 11.6. The molecule has 3 nitrogen and oxygen atoms in total. The molecule has 0 amide bonds. The smallest absolute Gasteiger partial charge is 0.227 e. The highest BCUT2D eigenvalue weighted by Gasteiger charge is 2.13. The third kappa shape index (κ3) is 3.94. The van der Waals surface area contributed by atoms with Gasteiger partial charge in [-0.3, -0.25) is 0 Å². The molecular formula is C41H26N2O. The summed E-state index contributed by atoms with van der Waals surface area (Å²) in [6, 6.07) is 55.6. The molecule has 0 spiro atoms. The molecule has 0 fully saturated rings. The fourth-order valence-electron chi connectivity index (χ4n) is 6.50. The monoisotopic (exact) mass is 562 g/mol. The second-order valence-corrected chi connectivity index (χ2v) is 11.2. The zero-order chi connectivity index (χ0) is 29.0. The van der Waals surface area contributed by atoms with E-state index in [2.05, 4.69) is 156 Å². The Kier molecular flexibility index (Phi) is 5.50. The Hall–Kier alpha value is -5.93. The van der Waals surface area contributed by atoms with Gasteiger partial charge in [0, 0.05) is 22.0 Å². The van der Waals surface area contributed by atoms with E-state index < -0.39 is 0 Å². The highest BCUT2D eigenvalue weighted by Crippen LogP contribution is 2.35. The summed E-state index contributed by atoms with van der Waals surface area (Å²) in [5.74, 6) is 0.628. The van der Waals surface area contributed by atoms with Gasteiger partial charge in [-0.05, 0) is 81.6 Å². The van der Waals surface area contributed by atoms with Crippen molar-refractivity contribution >= 4 is 43.7 Å². The predicted octanol–water partition coefficient (Wildman–Crippen LogP) is 11.1. The van der Waals surface area contributed by atoms with Crippen molar-refractivity contribution in [1.29, 1.82) is 0 Å². The molecule has 2 heterocycles. The molecule has 0 saturated carbocycles. The van der Waals surface area contributed by atoms with Crippen molar-refractivity contribution in [3.05, 3.63) is 158 Å². The molecule has 0 N–H and O–H groups in total. The van der Waals surface area contributed by atoms with E-state index in [0.717, 1.165) is 33.5 Å². The predicted molar refractivity (Wildman–Crippen MR) is 182 cm³/mol. The summed E-state index contributed by atoms with van der Waals surface area (Å²) in [6.07, 6.45) is 0. The topological polar surface area (TPSA) is 31.0 Å². The number of hydrogen-bond donors (Lipinski definition) is 0. The van der Waals surface area contributed by atoms with Crippen molar-refractivity contribution in [2.75, 3.05) is 0 Å². The summed E-state index contributed by atoms with van der Waals surface area (Å²) in [6.45, 7) is 0. The van der Waals surface area contributed by atoms with Crippen LogP contribution < -0.4 is 0 Å². The van der Waals surface area contributed by atoms with E-state index in [1.807, 2.05) is 6.07 Å². The summed E-state index contributed by atoms with van der Waals surface area (Å²) in [4.78, 5) is 4.87. The van der Waals surface area contributed by atoms with Crippen molar-refractivity contribution in [2.45, 2.75) is 0 Å². The Balaban J connectivity index is 1.02. The third-order valence-electron chi connectivity index (χ3n) is 8.66. The molecule has 44 heavy (non-hydrogen) atoms. The summed E-state index contributed by atoms with van der Waals surface area (Å²) >= 11 is 0. The Labute approximate surface area is 254 Å². The first-order valence-electron chi connectivity index (χ1n) is 14.9. The quantitative estimate of drug-likeness (QED) is 0.214. The Morgan fingerprint density at radius 3 is 1.75 bits per heavy atom. The lowest BCUT2D eigenvalue weighted by molar-refractivity contribution is 0.620. The van der Waals surface area contributed by atoms with Gasteiger partial charge in [0.1, 0.15) is 5.52 Å². The second kappa shape index (κ2) is 9.82. The molecule has 206 valence electrons. The molecule has 0 bridgehead atoms. The van der Waals surface area contributed by atoms with Crippen molar-refractivity contribution in [3.8, 4) is 39.4 Å². The summed E-state index contributed by atoms with van der Waals surface area (Å²) in [5, 5.41) is 5.00. The molecule has 0 saturated heterocycles. The van der Waals surface area contributed by atoms with E-state index >= 15 is 0 Å². The van der Waals surface area contributed by atoms with E-state index in [4.69, 9.17) is 9.40 Å². The van der Waals surface area contributed by atoms with Gasteiger partial charge in [-0.15, -0.1) is 0 Å². The van der Waals surface area contributed by atoms with Crippen LogP contribution in [0.25, 0.3) is 83.1 Å². The molecule has 0 aliphatic rings. The highest BCUT2D eigenvalue weighted by atomic mass is 16.3. The van der Waals surface area contributed by atoms with Crippen LogP contribution in [0.15, 0.2) is 162 Å². The fourth-order valence-corrected chi connectivity index (χ4v) is 6.50. The molecule has 7 aromatic carbocycles. The summed E-state index contributed by atoms with van der Waals surface area (Å²) < 4.78 is 8.54. The molecule has 0 aliphatic carbocycles. The van der Waals surface area contributed by atoms with Crippen molar-refractivity contribution in [1.82, 2.24) is 9.55 Å². The minimum absolute atomic E-state index is 0.628. The maximum Gasteiger partial charge on any atom is 0.227 e. The highest BCUT2D eigenvalue weighted by molar-refractivity contribution is 6.09. The Morgan fingerprint density at radius 2 is 1.02 bits per heavy atom. The first kappa shape index (κ1) is 24.6. The third-order valence-corrected chi connectivity index (χ3v) is 8.66. The number of fused-ring (bicyclic) bond motifs is 5. The van der Waals surface area contributed by atoms with Gasteiger partial charge in [0.15, 0.2) is 5.58 Å². The van der Waals surface area contributed by atoms with Gasteiger partial charge in [0.25, 0.3) is 0 Å². The van der Waals surface area contributed by atoms with Crippen LogP contribution in [0.4, 0.5) is 0 Å². The zero-order valence-electron chi connectivity index (χ0n) is 23.8. The number of aromatic nitrogens is 2. The molecule has 0 aliphatic heterocycles. The van der Waals surface area contributed by atoms with Crippen LogP contribution in [0.5, 0.6) is 0 Å². The number of rotatable bonds is 4. The van der Waals surface area contributed by atoms with Crippen LogP contribution in [0.1, 0.15) is 0 Å². The number of hydrogen-bond acceptors (Lipinski definition) is 2. The van der Waals surface area contributed by atoms with Gasteiger partial charge >= 0.3 is 0 Å². The zero-order valence-corrected chi connectivity index (χ0v) is 23.8. The molecule has 0 atom stereocenters. The lowest BCUT2D eigenvalue weighted by Gasteiger charge is -2.09. The molecule has 0 radical (unpaired) electrons. The maximum absolute atomic E-state index is 6.19. The maximum atomic E-state index is 6.19. The van der Waals surface area contributed by atoms with Crippen LogP contribution in [-0.2, 0) is 0 Å². The van der Waals surface area contributed by atoms with Gasteiger partial charge in [-0.2, -0.15) is 0 Å². The van der Waals surface area contributed by atoms with E-state index in [1.54, 1.807) is 0 Å².